The maximum atomic E-state index is 11.8. The van der Waals surface area contributed by atoms with Crippen LogP contribution in [0.5, 0.6) is 0 Å². The molecule has 1 aromatic rings. The van der Waals surface area contributed by atoms with E-state index in [2.05, 4.69) is 17.6 Å². The zero-order valence-electron chi connectivity index (χ0n) is 15.3. The number of nitrogens with one attached hydrogen (secondary N) is 2. The van der Waals surface area contributed by atoms with Crippen molar-refractivity contribution in [3.63, 3.8) is 0 Å². The zero-order valence-corrected chi connectivity index (χ0v) is 15.3. The van der Waals surface area contributed by atoms with Crippen LogP contribution in [0.1, 0.15) is 45.1 Å². The van der Waals surface area contributed by atoms with E-state index < -0.39 is 18.4 Å². The molecule has 2 N–H and O–H groups in total. The number of ether oxygens (including phenoxy) is 2. The molecular formula is C19H30N2O4. The second-order valence-corrected chi connectivity index (χ2v) is 5.86. The highest BCUT2D eigenvalue weighted by Gasteiger charge is 2.14. The van der Waals surface area contributed by atoms with Gasteiger partial charge in [0.05, 0.1) is 6.42 Å². The smallest absolute Gasteiger partial charge is 0.410 e. The van der Waals surface area contributed by atoms with Crippen LogP contribution in [0.4, 0.5) is 4.79 Å². The van der Waals surface area contributed by atoms with E-state index in [1.165, 1.54) is 6.92 Å². The Balaban J connectivity index is 2.06. The van der Waals surface area contributed by atoms with Crippen LogP contribution < -0.4 is 10.6 Å². The first-order valence-corrected chi connectivity index (χ1v) is 9.00. The number of benzene rings is 1. The van der Waals surface area contributed by atoms with Crippen molar-refractivity contribution in [2.45, 2.75) is 52.2 Å². The first kappa shape index (κ1) is 21.0. The first-order chi connectivity index (χ1) is 12.1. The quantitative estimate of drug-likeness (QED) is 0.344. The van der Waals surface area contributed by atoms with Crippen LogP contribution in [0, 0.1) is 0 Å². The minimum Gasteiger partial charge on any atom is -0.425 e. The molecule has 0 aliphatic heterocycles. The van der Waals surface area contributed by atoms with Gasteiger partial charge < -0.3 is 20.1 Å². The summed E-state index contributed by atoms with van der Waals surface area (Å²) in [6.07, 6.45) is 2.84. The highest BCUT2D eigenvalue weighted by molar-refractivity contribution is 5.73. The van der Waals surface area contributed by atoms with Crippen molar-refractivity contribution in [3.8, 4) is 0 Å². The van der Waals surface area contributed by atoms with Crippen LogP contribution in [0.25, 0.3) is 0 Å². The molecule has 0 fully saturated rings. The molecule has 25 heavy (non-hydrogen) atoms. The molecule has 140 valence electrons. The molecule has 0 unspecified atom stereocenters. The lowest BCUT2D eigenvalue weighted by molar-refractivity contribution is -0.163. The molecule has 0 bridgehead atoms. The van der Waals surface area contributed by atoms with Gasteiger partial charge in [0, 0.05) is 13.5 Å². The largest absolute Gasteiger partial charge is 0.425 e. The Morgan fingerprint density at radius 1 is 1.00 bits per heavy atom. The Kier molecular flexibility index (Phi) is 11.1. The van der Waals surface area contributed by atoms with E-state index in [9.17, 15) is 9.59 Å². The maximum Gasteiger partial charge on any atom is 0.410 e. The van der Waals surface area contributed by atoms with Gasteiger partial charge in [-0.25, -0.2) is 4.79 Å². The molecule has 1 atom stereocenters. The number of unbranched alkanes of at least 4 members (excludes halogenated alkanes) is 2. The minimum absolute atomic E-state index is 0.155. The second kappa shape index (κ2) is 13.2. The van der Waals surface area contributed by atoms with Crippen LogP contribution in [-0.2, 0) is 20.7 Å². The predicted molar refractivity (Wildman–Crippen MR) is 97.2 cm³/mol. The van der Waals surface area contributed by atoms with Gasteiger partial charge in [-0.05, 0) is 37.9 Å². The Morgan fingerprint density at radius 2 is 1.72 bits per heavy atom. The van der Waals surface area contributed by atoms with Gasteiger partial charge in [-0.2, -0.15) is 0 Å². The van der Waals surface area contributed by atoms with E-state index >= 15 is 0 Å². The van der Waals surface area contributed by atoms with Gasteiger partial charge in [-0.3, -0.25) is 4.79 Å². The molecule has 0 spiro atoms. The lowest BCUT2D eigenvalue weighted by Gasteiger charge is -2.14. The number of esters is 1. The van der Waals surface area contributed by atoms with E-state index in [4.69, 9.17) is 9.47 Å². The molecule has 0 saturated carbocycles. The summed E-state index contributed by atoms with van der Waals surface area (Å²) in [5, 5.41) is 6.00. The summed E-state index contributed by atoms with van der Waals surface area (Å²) in [5.41, 5.74) is 0.859. The normalized spacial score (nSPS) is 11.6. The summed E-state index contributed by atoms with van der Waals surface area (Å²) < 4.78 is 10.1. The fourth-order valence-corrected chi connectivity index (χ4v) is 2.25. The van der Waals surface area contributed by atoms with Gasteiger partial charge in [0.2, 0.25) is 6.29 Å². The number of amides is 1. The molecule has 6 heteroatoms. The third-order valence-electron chi connectivity index (χ3n) is 3.49. The fourth-order valence-electron chi connectivity index (χ4n) is 2.25. The van der Waals surface area contributed by atoms with Crippen LogP contribution >= 0.6 is 0 Å². The van der Waals surface area contributed by atoms with Crippen molar-refractivity contribution in [2.75, 3.05) is 19.6 Å². The average Bonchev–Trinajstić information content (AvgIpc) is 2.57. The Hall–Kier alpha value is -2.08. The predicted octanol–water partition coefficient (Wildman–Crippen LogP) is 3.01. The molecule has 0 radical (unpaired) electrons. The van der Waals surface area contributed by atoms with Crippen LogP contribution in [0.2, 0.25) is 0 Å². The molecule has 1 rings (SSSR count). The van der Waals surface area contributed by atoms with Gasteiger partial charge in [0.15, 0.2) is 0 Å². The van der Waals surface area contributed by atoms with Crippen LogP contribution in [0.15, 0.2) is 30.3 Å². The van der Waals surface area contributed by atoms with Crippen molar-refractivity contribution < 1.29 is 19.1 Å². The summed E-state index contributed by atoms with van der Waals surface area (Å²) >= 11 is 0. The number of hydrogen-bond acceptors (Lipinski definition) is 5. The maximum absolute atomic E-state index is 11.8. The van der Waals surface area contributed by atoms with Gasteiger partial charge in [-0.15, -0.1) is 0 Å². The second-order valence-electron chi connectivity index (χ2n) is 5.86. The molecule has 0 saturated heterocycles. The van der Waals surface area contributed by atoms with E-state index in [1.54, 1.807) is 0 Å². The molecule has 0 aliphatic carbocycles. The number of rotatable bonds is 12. The molecule has 0 aromatic heterocycles. The summed E-state index contributed by atoms with van der Waals surface area (Å²) in [6, 6.07) is 9.28. The standard InChI is InChI=1S/C19H30N2O4/c1-3-12-20-13-8-5-9-14-21-19(23)25-16(2)24-18(22)15-17-10-6-4-7-11-17/h4,6-7,10-11,16,20H,3,5,8-9,12-15H2,1-2H3,(H,21,23)/t16-/m0/s1. The summed E-state index contributed by atoms with van der Waals surface area (Å²) in [7, 11) is 0. The fraction of sp³-hybridized carbons (Fsp3) is 0.579. The molecular weight excluding hydrogens is 320 g/mol. The number of alkyl carbamates (subject to hydrolysis) is 1. The van der Waals surface area contributed by atoms with E-state index in [0.717, 1.165) is 44.3 Å². The van der Waals surface area contributed by atoms with Gasteiger partial charge in [0.1, 0.15) is 0 Å². The number of carbonyl (C=O) groups is 2. The molecule has 6 nitrogen and oxygen atoms in total. The number of carbonyl (C=O) groups excluding carboxylic acids is 2. The third kappa shape index (κ3) is 11.2. The van der Waals surface area contributed by atoms with Crippen molar-refractivity contribution >= 4 is 12.1 Å². The monoisotopic (exact) mass is 350 g/mol. The van der Waals surface area contributed by atoms with Gasteiger partial charge in [-0.1, -0.05) is 43.7 Å². The third-order valence-corrected chi connectivity index (χ3v) is 3.49. The van der Waals surface area contributed by atoms with E-state index in [1.807, 2.05) is 30.3 Å². The van der Waals surface area contributed by atoms with Crippen molar-refractivity contribution in [1.82, 2.24) is 10.6 Å². The molecule has 1 amide bonds. The van der Waals surface area contributed by atoms with Gasteiger partial charge in [0.25, 0.3) is 0 Å². The Morgan fingerprint density at radius 3 is 2.44 bits per heavy atom. The van der Waals surface area contributed by atoms with Crippen LogP contribution in [-0.4, -0.2) is 38.0 Å². The van der Waals surface area contributed by atoms with Crippen molar-refractivity contribution in [1.29, 1.82) is 0 Å². The van der Waals surface area contributed by atoms with Crippen molar-refractivity contribution in [2.24, 2.45) is 0 Å². The van der Waals surface area contributed by atoms with Crippen molar-refractivity contribution in [3.05, 3.63) is 35.9 Å². The summed E-state index contributed by atoms with van der Waals surface area (Å²) in [6.45, 7) is 6.28. The average molecular weight is 350 g/mol. The molecule has 1 aromatic carbocycles. The van der Waals surface area contributed by atoms with E-state index in [-0.39, 0.29) is 6.42 Å². The SMILES string of the molecule is CCCNCCCCCNC(=O)O[C@@H](C)OC(=O)Cc1ccccc1. The zero-order chi connectivity index (χ0) is 18.3. The number of hydrogen-bond donors (Lipinski definition) is 2. The topological polar surface area (TPSA) is 76.7 Å². The van der Waals surface area contributed by atoms with Crippen LogP contribution in [0.3, 0.4) is 0 Å². The van der Waals surface area contributed by atoms with E-state index in [0.29, 0.717) is 6.54 Å². The summed E-state index contributed by atoms with van der Waals surface area (Å²) in [5.74, 6) is -0.425. The highest BCUT2D eigenvalue weighted by Crippen LogP contribution is 2.03. The Bertz CT molecular complexity index is 493. The minimum atomic E-state index is -0.908. The highest BCUT2D eigenvalue weighted by atomic mass is 16.7. The lowest BCUT2D eigenvalue weighted by atomic mass is 10.2. The summed E-state index contributed by atoms with van der Waals surface area (Å²) in [4.78, 5) is 23.4. The molecule has 0 heterocycles. The lowest BCUT2D eigenvalue weighted by Crippen LogP contribution is -2.31. The van der Waals surface area contributed by atoms with Gasteiger partial charge >= 0.3 is 12.1 Å². The first-order valence-electron chi connectivity index (χ1n) is 9.00. The Labute approximate surface area is 150 Å². The molecule has 0 aliphatic rings.